The van der Waals surface area contributed by atoms with E-state index in [2.05, 4.69) is 25.9 Å². The van der Waals surface area contributed by atoms with Crippen LogP contribution < -0.4 is 5.56 Å². The highest BCUT2D eigenvalue weighted by molar-refractivity contribution is 9.10. The standard InChI is InChI=1S/C11H8BrCl2N3O/c1-6-9(12)11(18)17(5-15-6)4-7-2-3-8(13)16-10(7)14/h2-3,5H,4H2,1H3. The maximum absolute atomic E-state index is 12.0. The predicted molar refractivity (Wildman–Crippen MR) is 74.3 cm³/mol. The summed E-state index contributed by atoms with van der Waals surface area (Å²) in [6, 6.07) is 3.36. The Bertz CT molecular complexity index is 657. The van der Waals surface area contributed by atoms with Gasteiger partial charge in [0.25, 0.3) is 5.56 Å². The molecule has 4 nitrogen and oxygen atoms in total. The fourth-order valence-electron chi connectivity index (χ4n) is 1.40. The van der Waals surface area contributed by atoms with Gasteiger partial charge in [-0.3, -0.25) is 9.36 Å². The molecular formula is C11H8BrCl2N3O. The molecule has 0 spiro atoms. The van der Waals surface area contributed by atoms with Crippen LogP contribution in [0.3, 0.4) is 0 Å². The SMILES string of the molecule is Cc1ncn(Cc2ccc(Cl)nc2Cl)c(=O)c1Br. The molecule has 0 aliphatic rings. The first-order valence-electron chi connectivity index (χ1n) is 5.01. The second-order valence-corrected chi connectivity index (χ2v) is 5.20. The molecular weight excluding hydrogens is 341 g/mol. The maximum atomic E-state index is 12.0. The first-order valence-corrected chi connectivity index (χ1v) is 6.56. The van der Waals surface area contributed by atoms with Crippen LogP contribution in [-0.2, 0) is 6.54 Å². The highest BCUT2D eigenvalue weighted by Gasteiger charge is 2.08. The van der Waals surface area contributed by atoms with Gasteiger partial charge in [0.2, 0.25) is 0 Å². The Labute approximate surface area is 122 Å². The first kappa shape index (κ1) is 13.5. The van der Waals surface area contributed by atoms with Crippen LogP contribution in [0, 0.1) is 6.92 Å². The number of hydrogen-bond donors (Lipinski definition) is 0. The van der Waals surface area contributed by atoms with Gasteiger partial charge in [-0.25, -0.2) is 9.97 Å². The summed E-state index contributed by atoms with van der Waals surface area (Å²) in [6.07, 6.45) is 1.48. The predicted octanol–water partition coefficient (Wildman–Crippen LogP) is 3.06. The van der Waals surface area contributed by atoms with E-state index in [-0.39, 0.29) is 10.7 Å². The molecule has 0 amide bonds. The lowest BCUT2D eigenvalue weighted by atomic mass is 10.3. The van der Waals surface area contributed by atoms with E-state index in [9.17, 15) is 4.79 Å². The Kier molecular flexibility index (Phi) is 4.04. The van der Waals surface area contributed by atoms with Gasteiger partial charge in [0.15, 0.2) is 0 Å². The van der Waals surface area contributed by atoms with Crippen molar-refractivity contribution in [2.24, 2.45) is 0 Å². The molecule has 2 aromatic rings. The third-order valence-corrected chi connectivity index (χ3v) is 3.84. The van der Waals surface area contributed by atoms with Crippen molar-refractivity contribution in [3.8, 4) is 0 Å². The maximum Gasteiger partial charge on any atom is 0.268 e. The van der Waals surface area contributed by atoms with Crippen LogP contribution in [0.2, 0.25) is 10.3 Å². The number of hydrogen-bond acceptors (Lipinski definition) is 3. The quantitative estimate of drug-likeness (QED) is 0.783. The van der Waals surface area contributed by atoms with Gasteiger partial charge in [0.1, 0.15) is 14.8 Å². The van der Waals surface area contributed by atoms with Crippen molar-refractivity contribution in [2.75, 3.05) is 0 Å². The lowest BCUT2D eigenvalue weighted by molar-refractivity contribution is 0.722. The zero-order chi connectivity index (χ0) is 13.3. The van der Waals surface area contributed by atoms with Gasteiger partial charge in [0, 0.05) is 5.56 Å². The van der Waals surface area contributed by atoms with Crippen molar-refractivity contribution in [3.05, 3.63) is 54.9 Å². The number of aromatic nitrogens is 3. The summed E-state index contributed by atoms with van der Waals surface area (Å²) in [5.74, 6) is 0. The topological polar surface area (TPSA) is 47.8 Å². The molecule has 0 radical (unpaired) electrons. The Morgan fingerprint density at radius 1 is 1.39 bits per heavy atom. The second-order valence-electron chi connectivity index (χ2n) is 3.66. The molecule has 2 aromatic heterocycles. The fourth-order valence-corrected chi connectivity index (χ4v) is 2.14. The monoisotopic (exact) mass is 347 g/mol. The van der Waals surface area contributed by atoms with Crippen LogP contribution in [-0.4, -0.2) is 14.5 Å². The highest BCUT2D eigenvalue weighted by atomic mass is 79.9. The fraction of sp³-hybridized carbons (Fsp3) is 0.182. The van der Waals surface area contributed by atoms with Crippen LogP contribution in [0.5, 0.6) is 0 Å². The van der Waals surface area contributed by atoms with Crippen LogP contribution in [0.25, 0.3) is 0 Å². The highest BCUT2D eigenvalue weighted by Crippen LogP contribution is 2.17. The molecule has 0 atom stereocenters. The minimum atomic E-state index is -0.159. The minimum Gasteiger partial charge on any atom is -0.294 e. The van der Waals surface area contributed by atoms with E-state index in [4.69, 9.17) is 23.2 Å². The van der Waals surface area contributed by atoms with Crippen molar-refractivity contribution < 1.29 is 0 Å². The molecule has 0 aliphatic carbocycles. The van der Waals surface area contributed by atoms with Crippen molar-refractivity contribution in [1.82, 2.24) is 14.5 Å². The van der Waals surface area contributed by atoms with Crippen molar-refractivity contribution in [1.29, 1.82) is 0 Å². The molecule has 0 N–H and O–H groups in total. The van der Waals surface area contributed by atoms with Gasteiger partial charge < -0.3 is 0 Å². The molecule has 7 heteroatoms. The zero-order valence-corrected chi connectivity index (χ0v) is 12.4. The minimum absolute atomic E-state index is 0.159. The third kappa shape index (κ3) is 2.74. The summed E-state index contributed by atoms with van der Waals surface area (Å²) >= 11 is 14.9. The van der Waals surface area contributed by atoms with Gasteiger partial charge >= 0.3 is 0 Å². The number of aryl methyl sites for hydroxylation is 1. The summed E-state index contributed by atoms with van der Waals surface area (Å²) in [5.41, 5.74) is 1.20. The Morgan fingerprint density at radius 2 is 2.11 bits per heavy atom. The van der Waals surface area contributed by atoms with Crippen LogP contribution in [0.1, 0.15) is 11.3 Å². The molecule has 2 heterocycles. The molecule has 0 unspecified atom stereocenters. The number of nitrogens with zero attached hydrogens (tertiary/aromatic N) is 3. The van der Waals surface area contributed by atoms with E-state index >= 15 is 0 Å². The van der Waals surface area contributed by atoms with E-state index in [1.165, 1.54) is 10.9 Å². The number of rotatable bonds is 2. The normalized spacial score (nSPS) is 10.7. The Balaban J connectivity index is 2.41. The lowest BCUT2D eigenvalue weighted by Gasteiger charge is -2.08. The van der Waals surface area contributed by atoms with Crippen molar-refractivity contribution >= 4 is 39.1 Å². The summed E-state index contributed by atoms with van der Waals surface area (Å²) in [5, 5.41) is 0.602. The van der Waals surface area contributed by atoms with Gasteiger partial charge in [0.05, 0.1) is 18.6 Å². The molecule has 0 aliphatic heterocycles. The van der Waals surface area contributed by atoms with E-state index in [0.29, 0.717) is 27.4 Å². The zero-order valence-electron chi connectivity index (χ0n) is 9.32. The summed E-state index contributed by atoms with van der Waals surface area (Å²) in [7, 11) is 0. The van der Waals surface area contributed by atoms with E-state index < -0.39 is 0 Å². The first-order chi connectivity index (χ1) is 8.49. The molecule has 0 saturated heterocycles. The summed E-state index contributed by atoms with van der Waals surface area (Å²) in [4.78, 5) is 20.0. The number of halogens is 3. The molecule has 0 bridgehead atoms. The van der Waals surface area contributed by atoms with E-state index in [1.807, 2.05) is 0 Å². The van der Waals surface area contributed by atoms with Crippen LogP contribution in [0.4, 0.5) is 0 Å². The lowest BCUT2D eigenvalue weighted by Crippen LogP contribution is -2.22. The van der Waals surface area contributed by atoms with Crippen molar-refractivity contribution in [3.63, 3.8) is 0 Å². The molecule has 0 fully saturated rings. The second kappa shape index (κ2) is 5.38. The molecule has 0 aromatic carbocycles. The van der Waals surface area contributed by atoms with E-state index in [0.717, 1.165) is 0 Å². The molecule has 0 saturated carbocycles. The van der Waals surface area contributed by atoms with Gasteiger partial charge in [-0.1, -0.05) is 29.3 Å². The molecule has 2 rings (SSSR count). The number of pyridine rings is 1. The van der Waals surface area contributed by atoms with Crippen molar-refractivity contribution in [2.45, 2.75) is 13.5 Å². The average Bonchev–Trinajstić information content (AvgIpc) is 2.33. The largest absolute Gasteiger partial charge is 0.294 e. The Hall–Kier alpha value is -0.910. The van der Waals surface area contributed by atoms with Crippen LogP contribution in [0.15, 0.2) is 27.7 Å². The Morgan fingerprint density at radius 3 is 2.78 bits per heavy atom. The van der Waals surface area contributed by atoms with Crippen LogP contribution >= 0.6 is 39.1 Å². The molecule has 94 valence electrons. The average molecular weight is 349 g/mol. The molecule has 18 heavy (non-hydrogen) atoms. The summed E-state index contributed by atoms with van der Waals surface area (Å²) < 4.78 is 1.90. The van der Waals surface area contributed by atoms with Gasteiger partial charge in [-0.05, 0) is 28.9 Å². The van der Waals surface area contributed by atoms with Gasteiger partial charge in [-0.15, -0.1) is 0 Å². The third-order valence-electron chi connectivity index (χ3n) is 2.39. The van der Waals surface area contributed by atoms with Gasteiger partial charge in [-0.2, -0.15) is 0 Å². The summed E-state index contributed by atoms with van der Waals surface area (Å²) in [6.45, 7) is 2.06. The smallest absolute Gasteiger partial charge is 0.268 e. The van der Waals surface area contributed by atoms with E-state index in [1.54, 1.807) is 19.1 Å².